The summed E-state index contributed by atoms with van der Waals surface area (Å²) >= 11 is 5.46. The van der Waals surface area contributed by atoms with Gasteiger partial charge in [-0.25, -0.2) is 5.01 Å². The second-order valence-electron chi connectivity index (χ2n) is 6.26. The molecule has 7 nitrogen and oxygen atoms in total. The fourth-order valence-electron chi connectivity index (χ4n) is 2.90. The van der Waals surface area contributed by atoms with Gasteiger partial charge in [-0.2, -0.15) is 0 Å². The van der Waals surface area contributed by atoms with E-state index in [1.807, 2.05) is 30.3 Å². The predicted molar refractivity (Wildman–Crippen MR) is 108 cm³/mol. The second-order valence-corrected chi connectivity index (χ2v) is 6.63. The molecule has 1 aliphatic rings. The number of thiocarbonyl (C=S) groups is 1. The highest BCUT2D eigenvalue weighted by Gasteiger charge is 2.44. The van der Waals surface area contributed by atoms with E-state index < -0.39 is 11.9 Å². The highest BCUT2D eigenvalue weighted by Crippen LogP contribution is 2.21. The normalized spacial score (nSPS) is 16.2. The van der Waals surface area contributed by atoms with Crippen molar-refractivity contribution in [3.8, 4) is 0 Å². The molecule has 0 radical (unpaired) electrons. The molecule has 28 heavy (non-hydrogen) atoms. The molecule has 144 valence electrons. The summed E-state index contributed by atoms with van der Waals surface area (Å²) in [5.41, 5.74) is 4.01. The predicted octanol–water partition coefficient (Wildman–Crippen LogP) is 1.47. The molecule has 2 aromatic rings. The van der Waals surface area contributed by atoms with Crippen LogP contribution in [-0.4, -0.2) is 45.8 Å². The summed E-state index contributed by atoms with van der Waals surface area (Å²) in [6, 6.07) is 17.1. The number of amides is 3. The Hall–Kier alpha value is -3.26. The zero-order valence-electron chi connectivity index (χ0n) is 15.3. The zero-order valence-corrected chi connectivity index (χ0v) is 16.1. The summed E-state index contributed by atoms with van der Waals surface area (Å²) < 4.78 is 0. The summed E-state index contributed by atoms with van der Waals surface area (Å²) in [6.07, 6.45) is -0.115. The molecule has 3 amide bonds. The van der Waals surface area contributed by atoms with Crippen molar-refractivity contribution >= 4 is 35.1 Å². The maximum absolute atomic E-state index is 13.0. The van der Waals surface area contributed by atoms with Crippen LogP contribution < -0.4 is 10.7 Å². The molecule has 2 aromatic carbocycles. The molecule has 1 atom stereocenters. The van der Waals surface area contributed by atoms with E-state index in [1.54, 1.807) is 30.3 Å². The van der Waals surface area contributed by atoms with Crippen molar-refractivity contribution in [1.29, 1.82) is 0 Å². The highest BCUT2D eigenvalue weighted by molar-refractivity contribution is 7.80. The zero-order chi connectivity index (χ0) is 20.1. The molecule has 2 N–H and O–H groups in total. The second kappa shape index (κ2) is 8.62. The van der Waals surface area contributed by atoms with E-state index >= 15 is 0 Å². The van der Waals surface area contributed by atoms with E-state index in [0.717, 1.165) is 5.56 Å². The third kappa shape index (κ3) is 4.17. The molecule has 1 saturated heterocycles. The van der Waals surface area contributed by atoms with Crippen LogP contribution in [0.25, 0.3) is 0 Å². The Labute approximate surface area is 168 Å². The van der Waals surface area contributed by atoms with Gasteiger partial charge in [0.25, 0.3) is 11.8 Å². The number of rotatable bonds is 6. The monoisotopic (exact) mass is 396 g/mol. The number of hydrogen-bond donors (Lipinski definition) is 2. The van der Waals surface area contributed by atoms with Crippen LogP contribution in [0.2, 0.25) is 0 Å². The minimum atomic E-state index is -0.899. The SMILES string of the molecule is CNC(=O)C[C@H]1C(=O)N(Cc2ccccc2)C(=S)N1NC(=O)c1ccccc1. The van der Waals surface area contributed by atoms with Gasteiger partial charge < -0.3 is 5.32 Å². The lowest BCUT2D eigenvalue weighted by Gasteiger charge is -2.24. The van der Waals surface area contributed by atoms with E-state index in [2.05, 4.69) is 10.7 Å². The first-order valence-corrected chi connectivity index (χ1v) is 9.17. The minimum absolute atomic E-state index is 0.115. The summed E-state index contributed by atoms with van der Waals surface area (Å²) in [5.74, 6) is -1.05. The number of carbonyl (C=O) groups is 3. The summed E-state index contributed by atoms with van der Waals surface area (Å²) in [4.78, 5) is 38.9. The summed E-state index contributed by atoms with van der Waals surface area (Å²) in [5, 5.41) is 3.98. The molecule has 0 aliphatic carbocycles. The van der Waals surface area contributed by atoms with Crippen molar-refractivity contribution in [3.05, 3.63) is 71.8 Å². The van der Waals surface area contributed by atoms with Crippen molar-refractivity contribution < 1.29 is 14.4 Å². The van der Waals surface area contributed by atoms with E-state index in [9.17, 15) is 14.4 Å². The number of carbonyl (C=O) groups excluding carboxylic acids is 3. The van der Waals surface area contributed by atoms with Crippen LogP contribution in [0.4, 0.5) is 0 Å². The molecule has 1 fully saturated rings. The molecule has 0 spiro atoms. The number of nitrogens with zero attached hydrogens (tertiary/aromatic N) is 2. The Morgan fingerprint density at radius 3 is 2.25 bits per heavy atom. The molecule has 0 aromatic heterocycles. The first-order valence-electron chi connectivity index (χ1n) is 8.76. The van der Waals surface area contributed by atoms with Crippen molar-refractivity contribution in [3.63, 3.8) is 0 Å². The maximum Gasteiger partial charge on any atom is 0.269 e. The average Bonchev–Trinajstić information content (AvgIpc) is 2.93. The highest BCUT2D eigenvalue weighted by atomic mass is 32.1. The molecule has 0 unspecified atom stereocenters. The van der Waals surface area contributed by atoms with E-state index in [1.165, 1.54) is 17.0 Å². The lowest BCUT2D eigenvalue weighted by molar-refractivity contribution is -0.132. The lowest BCUT2D eigenvalue weighted by Crippen LogP contribution is -2.50. The van der Waals surface area contributed by atoms with Crippen LogP contribution in [0.1, 0.15) is 22.3 Å². The van der Waals surface area contributed by atoms with Crippen LogP contribution in [-0.2, 0) is 16.1 Å². The minimum Gasteiger partial charge on any atom is -0.359 e. The maximum atomic E-state index is 13.0. The van der Waals surface area contributed by atoms with E-state index in [-0.39, 0.29) is 29.9 Å². The number of nitrogens with one attached hydrogen (secondary N) is 2. The topological polar surface area (TPSA) is 81.8 Å². The van der Waals surface area contributed by atoms with Crippen molar-refractivity contribution in [2.45, 2.75) is 19.0 Å². The quantitative estimate of drug-likeness (QED) is 0.723. The summed E-state index contributed by atoms with van der Waals surface area (Å²) in [6.45, 7) is 0.264. The lowest BCUT2D eigenvalue weighted by atomic mass is 10.1. The van der Waals surface area contributed by atoms with Crippen LogP contribution in [0.5, 0.6) is 0 Å². The van der Waals surface area contributed by atoms with Gasteiger partial charge in [-0.15, -0.1) is 0 Å². The Bertz CT molecular complexity index is 889. The van der Waals surface area contributed by atoms with Crippen molar-refractivity contribution in [1.82, 2.24) is 20.7 Å². The molecule has 0 bridgehead atoms. The Morgan fingerprint density at radius 1 is 1.04 bits per heavy atom. The largest absolute Gasteiger partial charge is 0.359 e. The number of benzene rings is 2. The third-order valence-electron chi connectivity index (χ3n) is 4.40. The van der Waals surface area contributed by atoms with Gasteiger partial charge in [0, 0.05) is 12.6 Å². The van der Waals surface area contributed by atoms with Crippen LogP contribution >= 0.6 is 12.2 Å². The Kier molecular flexibility index (Phi) is 6.00. The van der Waals surface area contributed by atoms with E-state index in [0.29, 0.717) is 5.56 Å². The Morgan fingerprint density at radius 2 is 1.64 bits per heavy atom. The molecular formula is C20H20N4O3S. The van der Waals surface area contributed by atoms with Gasteiger partial charge in [0.15, 0.2) is 5.11 Å². The summed E-state index contributed by atoms with van der Waals surface area (Å²) in [7, 11) is 1.49. The molecular weight excluding hydrogens is 376 g/mol. The smallest absolute Gasteiger partial charge is 0.269 e. The van der Waals surface area contributed by atoms with E-state index in [4.69, 9.17) is 12.2 Å². The van der Waals surface area contributed by atoms with Crippen molar-refractivity contribution in [2.75, 3.05) is 7.05 Å². The van der Waals surface area contributed by atoms with Crippen LogP contribution in [0.15, 0.2) is 60.7 Å². The number of hydrazine groups is 1. The van der Waals surface area contributed by atoms with Gasteiger partial charge in [-0.05, 0) is 29.9 Å². The van der Waals surface area contributed by atoms with Gasteiger partial charge in [0.1, 0.15) is 6.04 Å². The first kappa shape index (κ1) is 19.5. The van der Waals surface area contributed by atoms with Crippen LogP contribution in [0.3, 0.4) is 0 Å². The molecule has 1 heterocycles. The fraction of sp³-hybridized carbons (Fsp3) is 0.200. The standard InChI is InChI=1S/C20H20N4O3S/c1-21-17(25)12-16-19(27)23(13-14-8-4-2-5-9-14)20(28)24(16)22-18(26)15-10-6-3-7-11-15/h2-11,16H,12-13H2,1H3,(H,21,25)(H,22,26)/t16-/m0/s1. The van der Waals surface area contributed by atoms with Gasteiger partial charge in [0.05, 0.1) is 13.0 Å². The first-order chi connectivity index (χ1) is 13.5. The number of hydrogen-bond acceptors (Lipinski definition) is 4. The third-order valence-corrected chi connectivity index (χ3v) is 4.82. The molecule has 8 heteroatoms. The molecule has 1 aliphatic heterocycles. The van der Waals surface area contributed by atoms with Gasteiger partial charge >= 0.3 is 0 Å². The van der Waals surface area contributed by atoms with Crippen molar-refractivity contribution in [2.24, 2.45) is 0 Å². The molecule has 3 rings (SSSR count). The van der Waals surface area contributed by atoms with Crippen LogP contribution in [0, 0.1) is 0 Å². The fourth-order valence-corrected chi connectivity index (χ4v) is 3.23. The Balaban J connectivity index is 1.84. The van der Waals surface area contributed by atoms with Gasteiger partial charge in [-0.3, -0.25) is 24.7 Å². The average molecular weight is 396 g/mol. The van der Waals surface area contributed by atoms with Gasteiger partial charge in [0.2, 0.25) is 5.91 Å². The van der Waals surface area contributed by atoms with Gasteiger partial charge in [-0.1, -0.05) is 48.5 Å². The molecule has 0 saturated carbocycles.